The molecule has 0 amide bonds. The van der Waals surface area contributed by atoms with Crippen molar-refractivity contribution in [3.63, 3.8) is 0 Å². The highest BCUT2D eigenvalue weighted by Gasteiger charge is 2.01. The molecule has 1 heterocycles. The van der Waals surface area contributed by atoms with Gasteiger partial charge in [-0.3, -0.25) is 0 Å². The molecule has 0 bridgehead atoms. The second-order valence-electron chi connectivity index (χ2n) is 3.44. The molecular formula is C12H13N3O2. The van der Waals surface area contributed by atoms with Crippen molar-refractivity contribution in [3.8, 4) is 11.8 Å². The van der Waals surface area contributed by atoms with E-state index < -0.39 is 0 Å². The Balaban J connectivity index is 2.13. The highest BCUT2D eigenvalue weighted by molar-refractivity contribution is 5.28. The third kappa shape index (κ3) is 2.99. The lowest BCUT2D eigenvalue weighted by atomic mass is 10.2. The van der Waals surface area contributed by atoms with E-state index in [-0.39, 0.29) is 12.6 Å². The number of rotatable bonds is 4. The Morgan fingerprint density at radius 1 is 1.18 bits per heavy atom. The lowest BCUT2D eigenvalue weighted by Crippen LogP contribution is -2.01. The van der Waals surface area contributed by atoms with E-state index in [9.17, 15) is 0 Å². The van der Waals surface area contributed by atoms with Crippen LogP contribution in [0.25, 0.3) is 0 Å². The third-order valence-electron chi connectivity index (χ3n) is 2.22. The molecule has 0 radical (unpaired) electrons. The van der Waals surface area contributed by atoms with Gasteiger partial charge in [-0.25, -0.2) is 4.98 Å². The van der Waals surface area contributed by atoms with Gasteiger partial charge in [0.2, 0.25) is 0 Å². The quantitative estimate of drug-likeness (QED) is 0.826. The maximum Gasteiger partial charge on any atom is 0.322 e. The first-order valence-electron chi connectivity index (χ1n) is 5.21. The van der Waals surface area contributed by atoms with Crippen LogP contribution in [0.1, 0.15) is 11.3 Å². The van der Waals surface area contributed by atoms with E-state index in [2.05, 4.69) is 9.97 Å². The SMILES string of the molecule is NCc1ccnc(Oc2ccc(CO)cc2)n1. The van der Waals surface area contributed by atoms with Gasteiger partial charge in [-0.2, -0.15) is 4.98 Å². The second kappa shape index (κ2) is 5.38. The Morgan fingerprint density at radius 2 is 1.94 bits per heavy atom. The van der Waals surface area contributed by atoms with E-state index in [0.717, 1.165) is 11.3 Å². The minimum absolute atomic E-state index is 0.0133. The van der Waals surface area contributed by atoms with Gasteiger partial charge in [0, 0.05) is 12.7 Å². The van der Waals surface area contributed by atoms with Crippen molar-refractivity contribution in [1.29, 1.82) is 0 Å². The highest BCUT2D eigenvalue weighted by atomic mass is 16.5. The topological polar surface area (TPSA) is 81.3 Å². The summed E-state index contributed by atoms with van der Waals surface area (Å²) in [5.41, 5.74) is 7.03. The average molecular weight is 231 g/mol. The number of aliphatic hydroxyl groups excluding tert-OH is 1. The van der Waals surface area contributed by atoms with Gasteiger partial charge >= 0.3 is 6.01 Å². The van der Waals surface area contributed by atoms with E-state index in [1.807, 2.05) is 0 Å². The largest absolute Gasteiger partial charge is 0.424 e. The van der Waals surface area contributed by atoms with E-state index >= 15 is 0 Å². The first-order chi connectivity index (χ1) is 8.31. The number of aromatic nitrogens is 2. The molecule has 0 saturated carbocycles. The summed E-state index contributed by atoms with van der Waals surface area (Å²) in [7, 11) is 0. The van der Waals surface area contributed by atoms with Crippen molar-refractivity contribution in [2.24, 2.45) is 5.73 Å². The van der Waals surface area contributed by atoms with E-state index in [4.69, 9.17) is 15.6 Å². The summed E-state index contributed by atoms with van der Waals surface area (Å²) in [6, 6.07) is 9.07. The summed E-state index contributed by atoms with van der Waals surface area (Å²) in [5.74, 6) is 0.622. The van der Waals surface area contributed by atoms with Crippen molar-refractivity contribution in [2.45, 2.75) is 13.2 Å². The Labute approximate surface area is 98.9 Å². The zero-order valence-electron chi connectivity index (χ0n) is 9.21. The van der Waals surface area contributed by atoms with Gasteiger partial charge in [0.25, 0.3) is 0 Å². The molecule has 5 heteroatoms. The summed E-state index contributed by atoms with van der Waals surface area (Å²) in [4.78, 5) is 8.11. The Bertz CT molecular complexity index is 485. The van der Waals surface area contributed by atoms with Gasteiger partial charge in [0.1, 0.15) is 5.75 Å². The molecule has 0 atom stereocenters. The van der Waals surface area contributed by atoms with Crippen molar-refractivity contribution in [3.05, 3.63) is 47.8 Å². The van der Waals surface area contributed by atoms with Crippen LogP contribution in [0.3, 0.4) is 0 Å². The number of nitrogens with two attached hydrogens (primary N) is 1. The predicted molar refractivity (Wildman–Crippen MR) is 62.4 cm³/mol. The van der Waals surface area contributed by atoms with Crippen molar-refractivity contribution in [2.75, 3.05) is 0 Å². The van der Waals surface area contributed by atoms with Crippen LogP contribution in [0.5, 0.6) is 11.8 Å². The molecule has 88 valence electrons. The second-order valence-corrected chi connectivity index (χ2v) is 3.44. The maximum absolute atomic E-state index is 8.91. The van der Waals surface area contributed by atoms with Gasteiger partial charge in [-0.05, 0) is 23.8 Å². The number of hydrogen-bond donors (Lipinski definition) is 2. The molecule has 17 heavy (non-hydrogen) atoms. The van der Waals surface area contributed by atoms with Crippen LogP contribution >= 0.6 is 0 Å². The molecule has 0 aliphatic carbocycles. The average Bonchev–Trinajstić information content (AvgIpc) is 2.40. The molecule has 0 saturated heterocycles. The van der Waals surface area contributed by atoms with Gasteiger partial charge in [0.15, 0.2) is 0 Å². The molecule has 1 aromatic carbocycles. The molecular weight excluding hydrogens is 218 g/mol. The molecule has 0 aliphatic heterocycles. The molecule has 2 aromatic rings. The normalized spacial score (nSPS) is 10.2. The first kappa shape index (κ1) is 11.5. The number of aliphatic hydroxyl groups is 1. The zero-order valence-corrected chi connectivity index (χ0v) is 9.21. The monoisotopic (exact) mass is 231 g/mol. The van der Waals surface area contributed by atoms with Crippen molar-refractivity contribution < 1.29 is 9.84 Å². The Morgan fingerprint density at radius 3 is 2.59 bits per heavy atom. The summed E-state index contributed by atoms with van der Waals surface area (Å²) in [6.07, 6.45) is 1.60. The van der Waals surface area contributed by atoms with Crippen LogP contribution in [-0.4, -0.2) is 15.1 Å². The highest BCUT2D eigenvalue weighted by Crippen LogP contribution is 2.18. The molecule has 0 fully saturated rings. The predicted octanol–water partition coefficient (Wildman–Crippen LogP) is 1.22. The van der Waals surface area contributed by atoms with E-state index in [1.54, 1.807) is 36.5 Å². The van der Waals surface area contributed by atoms with Crippen LogP contribution < -0.4 is 10.5 Å². The fourth-order valence-electron chi connectivity index (χ4n) is 1.31. The van der Waals surface area contributed by atoms with Crippen LogP contribution in [0.4, 0.5) is 0 Å². The van der Waals surface area contributed by atoms with E-state index in [0.29, 0.717) is 12.3 Å². The van der Waals surface area contributed by atoms with Crippen LogP contribution in [-0.2, 0) is 13.2 Å². The lowest BCUT2D eigenvalue weighted by Gasteiger charge is -2.05. The third-order valence-corrected chi connectivity index (χ3v) is 2.22. The molecule has 0 spiro atoms. The van der Waals surface area contributed by atoms with Gasteiger partial charge in [-0.15, -0.1) is 0 Å². The van der Waals surface area contributed by atoms with Gasteiger partial charge in [0.05, 0.1) is 12.3 Å². The summed E-state index contributed by atoms with van der Waals surface area (Å²) in [5, 5.41) is 8.91. The number of benzene rings is 1. The Hall–Kier alpha value is -1.98. The molecule has 2 rings (SSSR count). The van der Waals surface area contributed by atoms with Crippen LogP contribution in [0.15, 0.2) is 36.5 Å². The molecule has 1 aromatic heterocycles. The standard InChI is InChI=1S/C12H13N3O2/c13-7-10-5-6-14-12(15-10)17-11-3-1-9(8-16)2-4-11/h1-6,16H,7-8,13H2. The minimum Gasteiger partial charge on any atom is -0.424 e. The maximum atomic E-state index is 8.91. The number of ether oxygens (including phenoxy) is 1. The molecule has 0 aliphatic rings. The number of hydrogen-bond acceptors (Lipinski definition) is 5. The van der Waals surface area contributed by atoms with Gasteiger partial charge in [-0.1, -0.05) is 12.1 Å². The van der Waals surface area contributed by atoms with Crippen LogP contribution in [0.2, 0.25) is 0 Å². The fourth-order valence-corrected chi connectivity index (χ4v) is 1.31. The van der Waals surface area contributed by atoms with Gasteiger partial charge < -0.3 is 15.6 Å². The Kier molecular flexibility index (Phi) is 3.64. The fraction of sp³-hybridized carbons (Fsp3) is 0.167. The summed E-state index contributed by atoms with van der Waals surface area (Å²) in [6.45, 7) is 0.363. The zero-order chi connectivity index (χ0) is 12.1. The number of nitrogens with zero attached hydrogens (tertiary/aromatic N) is 2. The van der Waals surface area contributed by atoms with Crippen LogP contribution in [0, 0.1) is 0 Å². The molecule has 3 N–H and O–H groups in total. The smallest absolute Gasteiger partial charge is 0.322 e. The molecule has 0 unspecified atom stereocenters. The minimum atomic E-state index is 0.0133. The van der Waals surface area contributed by atoms with Crippen molar-refractivity contribution >= 4 is 0 Å². The van der Waals surface area contributed by atoms with Crippen molar-refractivity contribution in [1.82, 2.24) is 9.97 Å². The first-order valence-corrected chi connectivity index (χ1v) is 5.21. The molecule has 5 nitrogen and oxygen atoms in total. The lowest BCUT2D eigenvalue weighted by molar-refractivity contribution is 0.281. The summed E-state index contributed by atoms with van der Waals surface area (Å²) >= 11 is 0. The van der Waals surface area contributed by atoms with E-state index in [1.165, 1.54) is 0 Å². The summed E-state index contributed by atoms with van der Waals surface area (Å²) < 4.78 is 5.46.